The minimum absolute atomic E-state index is 0.593. The van der Waals surface area contributed by atoms with E-state index in [2.05, 4.69) is 27.1 Å². The zero-order chi connectivity index (χ0) is 19.6. The Kier molecular flexibility index (Phi) is 4.68. The number of nitrogens with one attached hydrogen (secondary N) is 1. The van der Waals surface area contributed by atoms with Gasteiger partial charge in [-0.25, -0.2) is 4.98 Å². The molecule has 6 heteroatoms. The summed E-state index contributed by atoms with van der Waals surface area (Å²) in [4.78, 5) is 14.0. The van der Waals surface area contributed by atoms with Crippen LogP contribution in [0.25, 0.3) is 0 Å². The first-order valence-electron chi connectivity index (χ1n) is 10.2. The molecule has 1 N–H and O–H groups in total. The molecule has 1 aromatic heterocycles. The van der Waals surface area contributed by atoms with E-state index in [1.54, 1.807) is 0 Å². The maximum Gasteiger partial charge on any atom is 0.229 e. The van der Waals surface area contributed by atoms with Gasteiger partial charge in [0.25, 0.3) is 0 Å². The highest BCUT2D eigenvalue weighted by Crippen LogP contribution is 2.38. The second-order valence-electron chi connectivity index (χ2n) is 7.71. The van der Waals surface area contributed by atoms with Crippen molar-refractivity contribution in [3.05, 3.63) is 60.8 Å². The second-order valence-corrected chi connectivity index (χ2v) is 7.71. The highest BCUT2D eigenvalue weighted by atomic mass is 16.5. The summed E-state index contributed by atoms with van der Waals surface area (Å²) >= 11 is 0. The molecule has 1 fully saturated rings. The molecule has 0 unspecified atom stereocenters. The normalized spacial score (nSPS) is 16.2. The molecule has 1 aliphatic carbocycles. The molecule has 2 aliphatic rings. The van der Waals surface area contributed by atoms with Gasteiger partial charge in [0, 0.05) is 18.8 Å². The quantitative estimate of drug-likeness (QED) is 0.652. The number of benzene rings is 2. The van der Waals surface area contributed by atoms with Gasteiger partial charge in [-0.15, -0.1) is 0 Å². The van der Waals surface area contributed by atoms with Gasteiger partial charge in [0.05, 0.1) is 18.6 Å². The van der Waals surface area contributed by atoms with Crippen LogP contribution >= 0.6 is 0 Å². The fraction of sp³-hybridized carbons (Fsp3) is 0.304. The van der Waals surface area contributed by atoms with Crippen LogP contribution in [0.15, 0.2) is 60.8 Å². The molecule has 2 heterocycles. The summed E-state index contributed by atoms with van der Waals surface area (Å²) in [6, 6.07) is 18.2. The van der Waals surface area contributed by atoms with E-state index in [1.165, 1.54) is 25.7 Å². The zero-order valence-electron chi connectivity index (χ0n) is 16.6. The van der Waals surface area contributed by atoms with Gasteiger partial charge in [0.1, 0.15) is 11.5 Å². The molecule has 5 rings (SSSR count). The number of ether oxygens (including phenoxy) is 1. The number of aromatic nitrogens is 2. The summed E-state index contributed by atoms with van der Waals surface area (Å²) in [5.74, 6) is 3.29. The van der Waals surface area contributed by atoms with Crippen LogP contribution in [0.1, 0.15) is 25.7 Å². The summed E-state index contributed by atoms with van der Waals surface area (Å²) in [7, 11) is 2.11. The van der Waals surface area contributed by atoms with Crippen molar-refractivity contribution in [2.75, 3.05) is 28.8 Å². The minimum Gasteiger partial charge on any atom is -0.457 e. The molecule has 0 atom stereocenters. The number of fused-ring (bicyclic) bond motifs is 1. The van der Waals surface area contributed by atoms with Crippen molar-refractivity contribution >= 4 is 23.1 Å². The number of hydrogen-bond donors (Lipinski definition) is 1. The van der Waals surface area contributed by atoms with Crippen molar-refractivity contribution < 1.29 is 4.74 Å². The maximum atomic E-state index is 5.86. The van der Waals surface area contributed by atoms with Crippen LogP contribution in [0.2, 0.25) is 0 Å². The molecular formula is C23H25N5O. The van der Waals surface area contributed by atoms with Crippen LogP contribution in [0.3, 0.4) is 0 Å². The Morgan fingerprint density at radius 1 is 0.966 bits per heavy atom. The topological polar surface area (TPSA) is 53.5 Å². The van der Waals surface area contributed by atoms with E-state index in [-0.39, 0.29) is 0 Å². The molecule has 2 aromatic carbocycles. The lowest BCUT2D eigenvalue weighted by Gasteiger charge is -2.25. The molecule has 29 heavy (non-hydrogen) atoms. The first kappa shape index (κ1) is 17.8. The molecule has 3 aromatic rings. The molecular weight excluding hydrogens is 362 g/mol. The summed E-state index contributed by atoms with van der Waals surface area (Å²) < 4.78 is 5.86. The van der Waals surface area contributed by atoms with Crippen LogP contribution in [-0.4, -0.2) is 29.7 Å². The van der Waals surface area contributed by atoms with E-state index in [0.717, 1.165) is 35.4 Å². The van der Waals surface area contributed by atoms with Crippen LogP contribution in [0.4, 0.5) is 23.1 Å². The Labute approximate surface area is 171 Å². The van der Waals surface area contributed by atoms with Crippen molar-refractivity contribution in [1.29, 1.82) is 0 Å². The van der Waals surface area contributed by atoms with Crippen LogP contribution < -0.4 is 19.9 Å². The highest BCUT2D eigenvalue weighted by Gasteiger charge is 2.32. The third-order valence-corrected chi connectivity index (χ3v) is 5.65. The lowest BCUT2D eigenvalue weighted by Crippen LogP contribution is -2.36. The number of hydrogen-bond acceptors (Lipinski definition) is 6. The molecule has 148 valence electrons. The van der Waals surface area contributed by atoms with E-state index >= 15 is 0 Å². The third-order valence-electron chi connectivity index (χ3n) is 5.65. The summed E-state index contributed by atoms with van der Waals surface area (Å²) in [5.41, 5.74) is 2.04. The third kappa shape index (κ3) is 3.70. The van der Waals surface area contributed by atoms with Gasteiger partial charge < -0.3 is 19.9 Å². The lowest BCUT2D eigenvalue weighted by molar-refractivity contribution is 0.483. The predicted octanol–water partition coefficient (Wildman–Crippen LogP) is 5.17. The Morgan fingerprint density at radius 2 is 1.69 bits per heavy atom. The molecule has 0 amide bonds. The fourth-order valence-electron chi connectivity index (χ4n) is 4.14. The van der Waals surface area contributed by atoms with Gasteiger partial charge >= 0.3 is 0 Å². The predicted molar refractivity (Wildman–Crippen MR) is 116 cm³/mol. The Hall–Kier alpha value is -3.28. The van der Waals surface area contributed by atoms with Crippen LogP contribution in [0.5, 0.6) is 11.5 Å². The summed E-state index contributed by atoms with van der Waals surface area (Å²) in [6.45, 7) is 0.893. The second kappa shape index (κ2) is 7.62. The van der Waals surface area contributed by atoms with Crippen LogP contribution in [-0.2, 0) is 0 Å². The van der Waals surface area contributed by atoms with Gasteiger partial charge in [0.15, 0.2) is 5.82 Å². The molecule has 1 saturated carbocycles. The van der Waals surface area contributed by atoms with Crippen molar-refractivity contribution in [2.45, 2.75) is 31.7 Å². The number of rotatable bonds is 5. The van der Waals surface area contributed by atoms with E-state index in [9.17, 15) is 0 Å². The average Bonchev–Trinajstić information content (AvgIpc) is 3.38. The molecule has 0 radical (unpaired) electrons. The average molecular weight is 387 g/mol. The molecule has 0 bridgehead atoms. The number of nitrogens with zero attached hydrogens (tertiary/aromatic N) is 4. The monoisotopic (exact) mass is 387 g/mol. The van der Waals surface area contributed by atoms with Gasteiger partial charge in [-0.05, 0) is 49.2 Å². The first-order valence-corrected chi connectivity index (χ1v) is 10.2. The van der Waals surface area contributed by atoms with Gasteiger partial charge in [-0.2, -0.15) is 4.98 Å². The molecule has 0 spiro atoms. The largest absolute Gasteiger partial charge is 0.457 e. The lowest BCUT2D eigenvalue weighted by atomic mass is 10.2. The molecule has 0 saturated heterocycles. The van der Waals surface area contributed by atoms with Crippen LogP contribution in [0, 0.1) is 0 Å². The van der Waals surface area contributed by atoms with E-state index in [1.807, 2.05) is 60.8 Å². The van der Waals surface area contributed by atoms with E-state index < -0.39 is 0 Å². The number of para-hydroxylation sites is 1. The van der Waals surface area contributed by atoms with Crippen molar-refractivity contribution in [1.82, 2.24) is 9.97 Å². The highest BCUT2D eigenvalue weighted by molar-refractivity contribution is 5.73. The maximum absolute atomic E-state index is 5.86. The SMILES string of the molecule is CN1CN(C2CCCC2)c2nc(Nc3ccc(Oc4ccccc4)cc3)ncc21. The van der Waals surface area contributed by atoms with Gasteiger partial charge in [-0.1, -0.05) is 31.0 Å². The van der Waals surface area contributed by atoms with Crippen molar-refractivity contribution in [2.24, 2.45) is 0 Å². The smallest absolute Gasteiger partial charge is 0.229 e. The summed E-state index contributed by atoms with van der Waals surface area (Å²) in [6.07, 6.45) is 7.06. The van der Waals surface area contributed by atoms with Crippen molar-refractivity contribution in [3.63, 3.8) is 0 Å². The van der Waals surface area contributed by atoms with Gasteiger partial charge in [-0.3, -0.25) is 0 Å². The Bertz CT molecular complexity index is 970. The first-order chi connectivity index (χ1) is 14.3. The number of anilines is 4. The summed E-state index contributed by atoms with van der Waals surface area (Å²) in [5, 5.41) is 3.33. The standard InChI is InChI=1S/C23H25N5O/c1-27-16-28(18-7-5-6-8-18)22-21(27)15-24-23(26-22)25-17-11-13-20(14-12-17)29-19-9-3-2-4-10-19/h2-4,9-15,18H,5-8,16H2,1H3,(H,24,25,26). The van der Waals surface area contributed by atoms with E-state index in [0.29, 0.717) is 12.0 Å². The van der Waals surface area contributed by atoms with Gasteiger partial charge in [0.2, 0.25) is 5.95 Å². The van der Waals surface area contributed by atoms with E-state index in [4.69, 9.17) is 9.72 Å². The molecule has 6 nitrogen and oxygen atoms in total. The Balaban J connectivity index is 1.31. The Morgan fingerprint density at radius 3 is 2.45 bits per heavy atom. The minimum atomic E-state index is 0.593. The van der Waals surface area contributed by atoms with Crippen molar-refractivity contribution in [3.8, 4) is 11.5 Å². The zero-order valence-corrected chi connectivity index (χ0v) is 16.6. The molecule has 1 aliphatic heterocycles. The fourth-order valence-corrected chi connectivity index (χ4v) is 4.14.